The van der Waals surface area contributed by atoms with E-state index in [2.05, 4.69) is 43.2 Å². The molecule has 10 heteroatoms. The fourth-order valence-corrected chi connectivity index (χ4v) is 8.62. The van der Waals surface area contributed by atoms with Crippen molar-refractivity contribution in [3.05, 3.63) is 112 Å². The molecule has 1 aromatic heterocycles. The molecule has 4 aromatic rings. The van der Waals surface area contributed by atoms with E-state index in [-0.39, 0.29) is 22.6 Å². The van der Waals surface area contributed by atoms with Gasteiger partial charge in [-0.05, 0) is 59.8 Å². The number of hydrogen-bond donors (Lipinski definition) is 1. The van der Waals surface area contributed by atoms with Gasteiger partial charge in [-0.25, -0.2) is 8.42 Å². The van der Waals surface area contributed by atoms with Gasteiger partial charge in [0.15, 0.2) is 0 Å². The van der Waals surface area contributed by atoms with Gasteiger partial charge in [0.25, 0.3) is 10.0 Å². The second-order valence-corrected chi connectivity index (χ2v) is 15.0. The van der Waals surface area contributed by atoms with E-state index in [0.717, 1.165) is 41.3 Å². The zero-order valence-corrected chi connectivity index (χ0v) is 27.5. The Morgan fingerprint density at radius 3 is 2.55 bits per heavy atom. The van der Waals surface area contributed by atoms with Crippen LogP contribution in [0, 0.1) is 5.92 Å². The van der Waals surface area contributed by atoms with Gasteiger partial charge in [-0.15, -0.1) is 11.3 Å². The van der Waals surface area contributed by atoms with Crippen LogP contribution in [0.15, 0.2) is 94.5 Å². The van der Waals surface area contributed by atoms with Crippen LogP contribution in [0.2, 0.25) is 5.02 Å². The predicted octanol–water partition coefficient (Wildman–Crippen LogP) is 7.46. The number of carbonyl (C=O) groups excluding carboxylic acids is 1. The minimum atomic E-state index is -4.04. The SMILES string of the molecule is CC(C)CN(C)Cc1ccc2c(c1)OCCC2NC(=O)CC(c1ccccc1)N(c1cccc(Cl)c1)S(=O)(=O)c1cccs1. The van der Waals surface area contributed by atoms with Crippen molar-refractivity contribution in [1.82, 2.24) is 10.2 Å². The Morgan fingerprint density at radius 2 is 1.84 bits per heavy atom. The first kappa shape index (κ1) is 32.0. The van der Waals surface area contributed by atoms with Gasteiger partial charge < -0.3 is 15.0 Å². The topological polar surface area (TPSA) is 79.0 Å². The van der Waals surface area contributed by atoms with Crippen molar-refractivity contribution in [3.8, 4) is 5.75 Å². The minimum absolute atomic E-state index is 0.0914. The molecule has 1 amide bonds. The van der Waals surface area contributed by atoms with Crippen LogP contribution in [0.25, 0.3) is 0 Å². The number of rotatable bonds is 12. The summed E-state index contributed by atoms with van der Waals surface area (Å²) in [6.45, 7) is 6.69. The van der Waals surface area contributed by atoms with E-state index in [9.17, 15) is 13.2 Å². The summed E-state index contributed by atoms with van der Waals surface area (Å²) < 4.78 is 35.9. The Labute approximate surface area is 269 Å². The molecule has 2 heterocycles. The first-order valence-electron chi connectivity index (χ1n) is 14.7. The molecule has 5 rings (SSSR count). The highest BCUT2D eigenvalue weighted by Crippen LogP contribution is 2.38. The van der Waals surface area contributed by atoms with Crippen molar-refractivity contribution in [1.29, 1.82) is 0 Å². The van der Waals surface area contributed by atoms with Crippen LogP contribution in [0.3, 0.4) is 0 Å². The van der Waals surface area contributed by atoms with E-state index in [4.69, 9.17) is 16.3 Å². The summed E-state index contributed by atoms with van der Waals surface area (Å²) in [5.41, 5.74) is 3.16. The second-order valence-electron chi connectivity index (χ2n) is 11.6. The molecule has 232 valence electrons. The standard InChI is InChI=1S/C34H38ClN3O4S2/c1-24(2)22-37(3)23-25-14-15-29-30(16-17-42-32(29)19-25)36-33(39)21-31(26-9-5-4-6-10-26)38(28-12-7-11-27(35)20-28)44(40,41)34-13-8-18-43-34/h4-15,18-20,24,30-31H,16-17,21-23H2,1-3H3,(H,36,39). The van der Waals surface area contributed by atoms with Crippen LogP contribution >= 0.6 is 22.9 Å². The maximum Gasteiger partial charge on any atom is 0.274 e. The molecule has 3 aromatic carbocycles. The lowest BCUT2D eigenvalue weighted by molar-refractivity contribution is -0.122. The molecular weight excluding hydrogens is 614 g/mol. The van der Waals surface area contributed by atoms with E-state index in [1.807, 2.05) is 36.4 Å². The highest BCUT2D eigenvalue weighted by atomic mass is 35.5. The molecule has 0 saturated heterocycles. The van der Waals surface area contributed by atoms with Gasteiger partial charge in [-0.2, -0.15) is 0 Å². The number of carbonyl (C=O) groups is 1. The molecule has 2 unspecified atom stereocenters. The smallest absolute Gasteiger partial charge is 0.274 e. The maximum atomic E-state index is 14.2. The first-order chi connectivity index (χ1) is 21.1. The van der Waals surface area contributed by atoms with Gasteiger partial charge in [0.05, 0.1) is 30.8 Å². The van der Waals surface area contributed by atoms with E-state index in [1.165, 1.54) is 4.31 Å². The van der Waals surface area contributed by atoms with E-state index in [0.29, 0.717) is 35.2 Å². The number of hydrogen-bond acceptors (Lipinski definition) is 6. The molecule has 7 nitrogen and oxygen atoms in total. The Kier molecular flexibility index (Phi) is 10.3. The van der Waals surface area contributed by atoms with E-state index in [1.54, 1.807) is 41.8 Å². The third-order valence-corrected chi connectivity index (χ3v) is 10.9. The molecule has 0 aliphatic carbocycles. The number of nitrogens with one attached hydrogen (secondary N) is 1. The fraction of sp³-hybridized carbons (Fsp3) is 0.324. The van der Waals surface area contributed by atoms with Crippen LogP contribution in [-0.4, -0.2) is 39.4 Å². The Bertz CT molecular complexity index is 1660. The maximum absolute atomic E-state index is 14.2. The molecule has 44 heavy (non-hydrogen) atoms. The van der Waals surface area contributed by atoms with Crippen molar-refractivity contribution < 1.29 is 17.9 Å². The number of thiophene rings is 1. The van der Waals surface area contributed by atoms with Gasteiger partial charge >= 0.3 is 0 Å². The number of ether oxygens (including phenoxy) is 1. The van der Waals surface area contributed by atoms with Crippen molar-refractivity contribution in [2.24, 2.45) is 5.92 Å². The second kappa shape index (κ2) is 14.2. The molecule has 0 bridgehead atoms. The molecule has 2 atom stereocenters. The summed E-state index contributed by atoms with van der Waals surface area (Å²) in [5, 5.41) is 5.32. The lowest BCUT2D eigenvalue weighted by Crippen LogP contribution is -2.39. The number of fused-ring (bicyclic) bond motifs is 1. The van der Waals surface area contributed by atoms with Crippen LogP contribution < -0.4 is 14.4 Å². The van der Waals surface area contributed by atoms with Crippen molar-refractivity contribution in [3.63, 3.8) is 0 Å². The van der Waals surface area contributed by atoms with Crippen LogP contribution in [0.1, 0.15) is 55.5 Å². The van der Waals surface area contributed by atoms with Gasteiger partial charge in [0.2, 0.25) is 5.91 Å². The highest BCUT2D eigenvalue weighted by molar-refractivity contribution is 7.94. The summed E-state index contributed by atoms with van der Waals surface area (Å²) in [6, 6.07) is 24.4. The predicted molar refractivity (Wildman–Crippen MR) is 178 cm³/mol. The van der Waals surface area contributed by atoms with Gasteiger partial charge in [-0.3, -0.25) is 9.10 Å². The van der Waals surface area contributed by atoms with Crippen LogP contribution in [-0.2, 0) is 21.4 Å². The summed E-state index contributed by atoms with van der Waals surface area (Å²) in [7, 11) is -1.93. The quantitative estimate of drug-likeness (QED) is 0.172. The number of amides is 1. The molecule has 0 radical (unpaired) electrons. The number of benzene rings is 3. The highest BCUT2D eigenvalue weighted by Gasteiger charge is 2.36. The third-order valence-electron chi connectivity index (χ3n) is 7.50. The lowest BCUT2D eigenvalue weighted by Gasteiger charge is -2.33. The molecule has 0 fully saturated rings. The summed E-state index contributed by atoms with van der Waals surface area (Å²) in [5.74, 6) is 1.09. The monoisotopic (exact) mass is 651 g/mol. The minimum Gasteiger partial charge on any atom is -0.493 e. The van der Waals surface area contributed by atoms with Crippen LogP contribution in [0.4, 0.5) is 5.69 Å². The third kappa shape index (κ3) is 7.64. The summed E-state index contributed by atoms with van der Waals surface area (Å²) in [6.07, 6.45) is 0.527. The van der Waals surface area contributed by atoms with E-state index >= 15 is 0 Å². The number of sulfonamides is 1. The Morgan fingerprint density at radius 1 is 1.05 bits per heavy atom. The summed E-state index contributed by atoms with van der Waals surface area (Å²) >= 11 is 7.48. The average Bonchev–Trinajstić information content (AvgIpc) is 3.53. The molecule has 0 saturated carbocycles. The number of nitrogens with zero attached hydrogens (tertiary/aromatic N) is 2. The van der Waals surface area contributed by atoms with E-state index < -0.39 is 16.1 Å². The number of halogens is 1. The molecule has 0 spiro atoms. The summed E-state index contributed by atoms with van der Waals surface area (Å²) in [4.78, 5) is 16.1. The van der Waals surface area contributed by atoms with Gasteiger partial charge in [-0.1, -0.05) is 80.0 Å². The largest absolute Gasteiger partial charge is 0.493 e. The first-order valence-corrected chi connectivity index (χ1v) is 17.4. The zero-order chi connectivity index (χ0) is 31.3. The van der Waals surface area contributed by atoms with Crippen molar-refractivity contribution in [2.75, 3.05) is 24.5 Å². The Hall–Kier alpha value is -3.37. The molecule has 1 N–H and O–H groups in total. The fourth-order valence-electron chi connectivity index (χ4n) is 5.73. The van der Waals surface area contributed by atoms with Crippen molar-refractivity contribution in [2.45, 2.75) is 49.5 Å². The molecule has 1 aliphatic heterocycles. The molecular formula is C34H38ClN3O4S2. The zero-order valence-electron chi connectivity index (χ0n) is 25.1. The van der Waals surface area contributed by atoms with Gasteiger partial charge in [0, 0.05) is 30.1 Å². The normalized spacial score (nSPS) is 15.5. The molecule has 1 aliphatic rings. The van der Waals surface area contributed by atoms with Gasteiger partial charge in [0.1, 0.15) is 9.96 Å². The lowest BCUT2D eigenvalue weighted by atomic mass is 9.97. The Balaban J connectivity index is 1.43. The average molecular weight is 652 g/mol. The van der Waals surface area contributed by atoms with Crippen LogP contribution in [0.5, 0.6) is 5.75 Å². The van der Waals surface area contributed by atoms with Crippen molar-refractivity contribution >= 4 is 44.6 Å². The number of anilines is 1.